The third kappa shape index (κ3) is 3.82. The minimum Gasteiger partial charge on any atom is -0.376 e. The van der Waals surface area contributed by atoms with Crippen LogP contribution in [0.3, 0.4) is 0 Å². The summed E-state index contributed by atoms with van der Waals surface area (Å²) in [6, 6.07) is 0. The number of thioether (sulfide) groups is 1. The molecule has 1 atom stereocenters. The fraction of sp³-hybridized carbons (Fsp3) is 0.611. The lowest BCUT2D eigenvalue weighted by atomic mass is 10.1. The second-order valence-electron chi connectivity index (χ2n) is 6.69. The molecule has 1 saturated heterocycles. The standard InChI is InChI=1S/C18H25N3O3S2/c1-5-13-11(2)26-16-15(13)17(23)21(9-12-7-6-8-24-12)18(19-16)25-10-14(22)20(3)4/h12H,5-10H2,1-4H3. The Hall–Kier alpha value is -1.38. The Kier molecular flexibility index (Phi) is 6.04. The van der Waals surface area contributed by atoms with E-state index in [1.54, 1.807) is 34.9 Å². The van der Waals surface area contributed by atoms with Crippen molar-refractivity contribution in [1.29, 1.82) is 0 Å². The van der Waals surface area contributed by atoms with Crippen molar-refractivity contribution in [1.82, 2.24) is 14.5 Å². The molecule has 1 aliphatic rings. The zero-order valence-corrected chi connectivity index (χ0v) is 17.3. The molecule has 142 valence electrons. The van der Waals surface area contributed by atoms with Gasteiger partial charge in [-0.2, -0.15) is 0 Å². The summed E-state index contributed by atoms with van der Waals surface area (Å²) < 4.78 is 7.45. The largest absolute Gasteiger partial charge is 0.376 e. The van der Waals surface area contributed by atoms with E-state index in [2.05, 4.69) is 6.92 Å². The zero-order chi connectivity index (χ0) is 18.8. The van der Waals surface area contributed by atoms with Gasteiger partial charge in [0.25, 0.3) is 5.56 Å². The molecule has 0 spiro atoms. The first kappa shape index (κ1) is 19.4. The van der Waals surface area contributed by atoms with Crippen molar-refractivity contribution in [3.63, 3.8) is 0 Å². The van der Waals surface area contributed by atoms with Crippen LogP contribution in [0.1, 0.15) is 30.2 Å². The maximum absolute atomic E-state index is 13.3. The molecule has 0 radical (unpaired) electrons. The van der Waals surface area contributed by atoms with E-state index in [0.717, 1.165) is 46.5 Å². The van der Waals surface area contributed by atoms with Crippen molar-refractivity contribution >= 4 is 39.2 Å². The number of rotatable bonds is 6. The maximum Gasteiger partial charge on any atom is 0.263 e. The molecule has 2 aromatic rings. The van der Waals surface area contributed by atoms with Crippen LogP contribution in [-0.2, 0) is 22.5 Å². The summed E-state index contributed by atoms with van der Waals surface area (Å²) in [6.45, 7) is 5.35. The molecule has 0 bridgehead atoms. The summed E-state index contributed by atoms with van der Waals surface area (Å²) >= 11 is 2.89. The Labute approximate surface area is 161 Å². The monoisotopic (exact) mass is 395 g/mol. The van der Waals surface area contributed by atoms with Crippen molar-refractivity contribution < 1.29 is 9.53 Å². The van der Waals surface area contributed by atoms with Gasteiger partial charge in [0.05, 0.1) is 23.8 Å². The van der Waals surface area contributed by atoms with Crippen LogP contribution in [0, 0.1) is 6.92 Å². The predicted molar refractivity (Wildman–Crippen MR) is 106 cm³/mol. The lowest BCUT2D eigenvalue weighted by Gasteiger charge is -2.16. The van der Waals surface area contributed by atoms with Gasteiger partial charge >= 0.3 is 0 Å². The van der Waals surface area contributed by atoms with E-state index in [1.165, 1.54) is 11.8 Å². The normalized spacial score (nSPS) is 17.2. The van der Waals surface area contributed by atoms with Gasteiger partial charge in [-0.25, -0.2) is 4.98 Å². The first-order valence-electron chi connectivity index (χ1n) is 8.89. The van der Waals surface area contributed by atoms with Crippen molar-refractivity contribution in [3.8, 4) is 0 Å². The van der Waals surface area contributed by atoms with Gasteiger partial charge in [-0.05, 0) is 31.7 Å². The number of fused-ring (bicyclic) bond motifs is 1. The van der Waals surface area contributed by atoms with E-state index in [4.69, 9.17) is 9.72 Å². The van der Waals surface area contributed by atoms with Gasteiger partial charge in [0.1, 0.15) is 4.83 Å². The highest BCUT2D eigenvalue weighted by Crippen LogP contribution is 2.30. The lowest BCUT2D eigenvalue weighted by molar-refractivity contribution is -0.125. The van der Waals surface area contributed by atoms with Crippen LogP contribution in [0.25, 0.3) is 10.2 Å². The van der Waals surface area contributed by atoms with Crippen LogP contribution in [0.5, 0.6) is 0 Å². The molecule has 1 amide bonds. The molecule has 0 saturated carbocycles. The molecule has 0 aliphatic carbocycles. The van der Waals surface area contributed by atoms with Crippen LogP contribution in [-0.4, -0.2) is 52.9 Å². The second-order valence-corrected chi connectivity index (χ2v) is 8.84. The lowest BCUT2D eigenvalue weighted by Crippen LogP contribution is -2.30. The van der Waals surface area contributed by atoms with Gasteiger partial charge in [0.2, 0.25) is 5.91 Å². The highest BCUT2D eigenvalue weighted by atomic mass is 32.2. The number of aryl methyl sites for hydroxylation is 2. The van der Waals surface area contributed by atoms with Gasteiger partial charge in [-0.15, -0.1) is 11.3 Å². The molecule has 6 nitrogen and oxygen atoms in total. The minimum atomic E-state index is -0.00787. The predicted octanol–water partition coefficient (Wildman–Crippen LogP) is 2.69. The molecular weight excluding hydrogens is 370 g/mol. The number of hydrogen-bond acceptors (Lipinski definition) is 6. The molecule has 26 heavy (non-hydrogen) atoms. The van der Waals surface area contributed by atoms with E-state index >= 15 is 0 Å². The number of hydrogen-bond donors (Lipinski definition) is 0. The number of carbonyl (C=O) groups excluding carboxylic acids is 1. The maximum atomic E-state index is 13.3. The number of nitrogens with zero attached hydrogens (tertiary/aromatic N) is 3. The molecule has 1 fully saturated rings. The van der Waals surface area contributed by atoms with Crippen molar-refractivity contribution in [2.75, 3.05) is 26.5 Å². The van der Waals surface area contributed by atoms with Crippen molar-refractivity contribution in [3.05, 3.63) is 20.8 Å². The van der Waals surface area contributed by atoms with Crippen LogP contribution in [0.2, 0.25) is 0 Å². The molecule has 1 unspecified atom stereocenters. The van der Waals surface area contributed by atoms with Gasteiger partial charge in [-0.1, -0.05) is 18.7 Å². The van der Waals surface area contributed by atoms with Crippen LogP contribution in [0.15, 0.2) is 9.95 Å². The van der Waals surface area contributed by atoms with Gasteiger partial charge in [-0.3, -0.25) is 14.2 Å². The first-order chi connectivity index (χ1) is 12.4. The third-order valence-corrected chi connectivity index (χ3v) is 6.67. The molecule has 3 heterocycles. The molecule has 3 rings (SSSR count). The number of carbonyl (C=O) groups is 1. The molecule has 2 aromatic heterocycles. The average Bonchev–Trinajstić information content (AvgIpc) is 3.22. The zero-order valence-electron chi connectivity index (χ0n) is 15.7. The van der Waals surface area contributed by atoms with E-state index in [1.807, 2.05) is 6.92 Å². The van der Waals surface area contributed by atoms with Crippen molar-refractivity contribution in [2.45, 2.75) is 50.9 Å². The molecular formula is C18H25N3O3S2. The Morgan fingerprint density at radius 1 is 1.46 bits per heavy atom. The summed E-state index contributed by atoms with van der Waals surface area (Å²) in [5.41, 5.74) is 1.08. The molecule has 0 N–H and O–H groups in total. The Bertz CT molecular complexity index is 867. The number of amides is 1. The number of ether oxygens (including phenoxy) is 1. The van der Waals surface area contributed by atoms with Crippen molar-refractivity contribution in [2.24, 2.45) is 0 Å². The summed E-state index contributed by atoms with van der Waals surface area (Å²) in [7, 11) is 3.46. The highest BCUT2D eigenvalue weighted by molar-refractivity contribution is 7.99. The number of thiophene rings is 1. The van der Waals surface area contributed by atoms with Crippen LogP contribution < -0.4 is 5.56 Å². The van der Waals surface area contributed by atoms with E-state index in [9.17, 15) is 9.59 Å². The first-order valence-corrected chi connectivity index (χ1v) is 10.7. The SMILES string of the molecule is CCc1c(C)sc2nc(SCC(=O)N(C)C)n(CC3CCCO3)c(=O)c12. The van der Waals surface area contributed by atoms with E-state index in [0.29, 0.717) is 11.7 Å². The number of aromatic nitrogens is 2. The molecule has 0 aromatic carbocycles. The quantitative estimate of drug-likeness (QED) is 0.556. The second kappa shape index (κ2) is 8.10. The van der Waals surface area contributed by atoms with Gasteiger partial charge in [0, 0.05) is 25.6 Å². The molecule has 8 heteroatoms. The van der Waals surface area contributed by atoms with Crippen LogP contribution >= 0.6 is 23.1 Å². The summed E-state index contributed by atoms with van der Waals surface area (Å²) in [5.74, 6) is 0.270. The Morgan fingerprint density at radius 3 is 2.85 bits per heavy atom. The van der Waals surface area contributed by atoms with Gasteiger partial charge < -0.3 is 9.64 Å². The summed E-state index contributed by atoms with van der Waals surface area (Å²) in [5, 5.41) is 1.34. The Morgan fingerprint density at radius 2 is 2.23 bits per heavy atom. The smallest absolute Gasteiger partial charge is 0.263 e. The van der Waals surface area contributed by atoms with Crippen LogP contribution in [0.4, 0.5) is 0 Å². The average molecular weight is 396 g/mol. The van der Waals surface area contributed by atoms with E-state index < -0.39 is 0 Å². The Balaban J connectivity index is 2.04. The fourth-order valence-corrected chi connectivity index (χ4v) is 5.32. The summed E-state index contributed by atoms with van der Waals surface area (Å²) in [6.07, 6.45) is 2.83. The topological polar surface area (TPSA) is 64.4 Å². The van der Waals surface area contributed by atoms with Gasteiger partial charge in [0.15, 0.2) is 5.16 Å². The van der Waals surface area contributed by atoms with E-state index in [-0.39, 0.29) is 23.3 Å². The third-order valence-electron chi connectivity index (χ3n) is 4.66. The molecule has 1 aliphatic heterocycles. The fourth-order valence-electron chi connectivity index (χ4n) is 3.18. The summed E-state index contributed by atoms with van der Waals surface area (Å²) in [4.78, 5) is 33.5. The highest BCUT2D eigenvalue weighted by Gasteiger charge is 2.23. The minimum absolute atomic E-state index is 0.00428.